The molecule has 0 aliphatic carbocycles. The molecule has 120 valence electrons. The van der Waals surface area contributed by atoms with E-state index in [2.05, 4.69) is 31.8 Å². The molecule has 2 rings (SSSR count). The standard InChI is InChI=1S/C16H16BrN3O2S/c1-11(19-20-16(22)10-12-5-4-8-23-12)9-15(21)18-14-7-3-2-6-13(14)17/h2-8H,9-10H2,1H3,(H,18,21)(H,20,22)/b19-11-. The highest BCUT2D eigenvalue weighted by Crippen LogP contribution is 2.21. The summed E-state index contributed by atoms with van der Waals surface area (Å²) in [6, 6.07) is 11.2. The van der Waals surface area contributed by atoms with E-state index in [1.165, 1.54) is 11.3 Å². The summed E-state index contributed by atoms with van der Waals surface area (Å²) in [6.45, 7) is 1.70. The number of anilines is 1. The Bertz CT molecular complexity index is 714. The van der Waals surface area contributed by atoms with Gasteiger partial charge in [0.25, 0.3) is 0 Å². The number of hydrazone groups is 1. The number of para-hydroxylation sites is 1. The van der Waals surface area contributed by atoms with Gasteiger partial charge in [0.2, 0.25) is 11.8 Å². The normalized spacial score (nSPS) is 11.1. The zero-order valence-electron chi connectivity index (χ0n) is 12.5. The van der Waals surface area contributed by atoms with Crippen molar-refractivity contribution in [3.05, 3.63) is 51.1 Å². The summed E-state index contributed by atoms with van der Waals surface area (Å²) in [7, 11) is 0. The van der Waals surface area contributed by atoms with Crippen LogP contribution in [-0.2, 0) is 16.0 Å². The second-order valence-electron chi connectivity index (χ2n) is 4.84. The smallest absolute Gasteiger partial charge is 0.245 e. The SMILES string of the molecule is C/C(CC(=O)Nc1ccccc1Br)=N/NC(=O)Cc1cccs1. The second kappa shape index (κ2) is 8.59. The molecular formula is C16H16BrN3O2S. The molecule has 0 radical (unpaired) electrons. The van der Waals surface area contributed by atoms with Crippen LogP contribution >= 0.6 is 27.3 Å². The minimum atomic E-state index is -0.196. The molecule has 1 heterocycles. The van der Waals surface area contributed by atoms with E-state index in [-0.39, 0.29) is 24.7 Å². The molecule has 0 fully saturated rings. The number of hydrogen-bond donors (Lipinski definition) is 2. The lowest BCUT2D eigenvalue weighted by atomic mass is 10.2. The fraction of sp³-hybridized carbons (Fsp3) is 0.188. The number of nitrogens with zero attached hydrogens (tertiary/aromatic N) is 1. The molecule has 0 aliphatic heterocycles. The van der Waals surface area contributed by atoms with Gasteiger partial charge in [0.1, 0.15) is 0 Å². The zero-order chi connectivity index (χ0) is 16.7. The van der Waals surface area contributed by atoms with E-state index >= 15 is 0 Å². The Morgan fingerprint density at radius 1 is 1.17 bits per heavy atom. The molecule has 0 saturated heterocycles. The first-order valence-corrected chi connectivity index (χ1v) is 8.60. The van der Waals surface area contributed by atoms with Crippen LogP contribution in [-0.4, -0.2) is 17.5 Å². The van der Waals surface area contributed by atoms with Gasteiger partial charge >= 0.3 is 0 Å². The number of nitrogens with one attached hydrogen (secondary N) is 2. The van der Waals surface area contributed by atoms with Crippen LogP contribution in [0.5, 0.6) is 0 Å². The van der Waals surface area contributed by atoms with Crippen molar-refractivity contribution >= 4 is 50.5 Å². The van der Waals surface area contributed by atoms with Crippen molar-refractivity contribution < 1.29 is 9.59 Å². The van der Waals surface area contributed by atoms with Crippen LogP contribution in [0.1, 0.15) is 18.2 Å². The van der Waals surface area contributed by atoms with E-state index in [1.807, 2.05) is 35.7 Å². The third-order valence-electron chi connectivity index (χ3n) is 2.85. The topological polar surface area (TPSA) is 70.6 Å². The third-order valence-corrected chi connectivity index (χ3v) is 4.42. The first kappa shape index (κ1) is 17.4. The van der Waals surface area contributed by atoms with Crippen molar-refractivity contribution in [3.8, 4) is 0 Å². The monoisotopic (exact) mass is 393 g/mol. The van der Waals surface area contributed by atoms with Gasteiger partial charge in [0, 0.05) is 15.1 Å². The summed E-state index contributed by atoms with van der Waals surface area (Å²) in [6.07, 6.45) is 0.401. The second-order valence-corrected chi connectivity index (χ2v) is 6.73. The van der Waals surface area contributed by atoms with Crippen LogP contribution in [0.25, 0.3) is 0 Å². The molecule has 0 spiro atoms. The van der Waals surface area contributed by atoms with Crippen molar-refractivity contribution in [1.29, 1.82) is 0 Å². The van der Waals surface area contributed by atoms with Crippen LogP contribution < -0.4 is 10.7 Å². The van der Waals surface area contributed by atoms with E-state index in [1.54, 1.807) is 13.0 Å². The van der Waals surface area contributed by atoms with Crippen molar-refractivity contribution in [2.75, 3.05) is 5.32 Å². The molecule has 0 atom stereocenters. The number of amides is 2. The lowest BCUT2D eigenvalue weighted by molar-refractivity contribution is -0.120. The van der Waals surface area contributed by atoms with Crippen molar-refractivity contribution in [2.24, 2.45) is 5.10 Å². The number of rotatable bonds is 6. The first-order valence-electron chi connectivity index (χ1n) is 6.93. The lowest BCUT2D eigenvalue weighted by Crippen LogP contribution is -2.22. The summed E-state index contributed by atoms with van der Waals surface area (Å²) in [4.78, 5) is 24.6. The van der Waals surface area contributed by atoms with E-state index in [0.717, 1.165) is 9.35 Å². The maximum Gasteiger partial charge on any atom is 0.245 e. The summed E-state index contributed by atoms with van der Waals surface area (Å²) < 4.78 is 0.812. The zero-order valence-corrected chi connectivity index (χ0v) is 14.9. The Labute approximate surface area is 146 Å². The molecule has 2 aromatic rings. The largest absolute Gasteiger partial charge is 0.325 e. The fourth-order valence-corrected chi connectivity index (χ4v) is 2.88. The predicted molar refractivity (Wildman–Crippen MR) is 96.7 cm³/mol. The highest BCUT2D eigenvalue weighted by atomic mass is 79.9. The maximum atomic E-state index is 12.0. The minimum absolute atomic E-state index is 0.112. The summed E-state index contributed by atoms with van der Waals surface area (Å²) in [5, 5.41) is 8.67. The Hall–Kier alpha value is -1.99. The van der Waals surface area contributed by atoms with Gasteiger partial charge in [0.05, 0.1) is 18.5 Å². The molecule has 2 amide bonds. The first-order chi connectivity index (χ1) is 11.0. The van der Waals surface area contributed by atoms with Crippen LogP contribution in [0.4, 0.5) is 5.69 Å². The molecule has 23 heavy (non-hydrogen) atoms. The molecule has 0 bridgehead atoms. The van der Waals surface area contributed by atoms with Crippen molar-refractivity contribution in [1.82, 2.24) is 5.43 Å². The Kier molecular flexibility index (Phi) is 6.49. The predicted octanol–water partition coefficient (Wildman–Crippen LogP) is 3.57. The van der Waals surface area contributed by atoms with E-state index in [0.29, 0.717) is 11.4 Å². The molecular weight excluding hydrogens is 378 g/mol. The number of hydrogen-bond acceptors (Lipinski definition) is 4. The number of carbonyl (C=O) groups is 2. The molecule has 5 nitrogen and oxygen atoms in total. The molecule has 2 N–H and O–H groups in total. The van der Waals surface area contributed by atoms with Gasteiger partial charge in [-0.15, -0.1) is 11.3 Å². The minimum Gasteiger partial charge on any atom is -0.325 e. The average molecular weight is 394 g/mol. The van der Waals surface area contributed by atoms with Crippen molar-refractivity contribution in [3.63, 3.8) is 0 Å². The highest BCUT2D eigenvalue weighted by Gasteiger charge is 2.08. The summed E-state index contributed by atoms with van der Waals surface area (Å²) in [5.41, 5.74) is 3.70. The van der Waals surface area contributed by atoms with Gasteiger partial charge in [-0.1, -0.05) is 18.2 Å². The molecule has 7 heteroatoms. The van der Waals surface area contributed by atoms with Crippen LogP contribution in [0.3, 0.4) is 0 Å². The number of halogens is 1. The van der Waals surface area contributed by atoms with E-state index < -0.39 is 0 Å². The summed E-state index contributed by atoms with van der Waals surface area (Å²) >= 11 is 4.89. The summed E-state index contributed by atoms with van der Waals surface area (Å²) in [5.74, 6) is -0.385. The van der Waals surface area contributed by atoms with Crippen LogP contribution in [0.2, 0.25) is 0 Å². The third kappa shape index (κ3) is 5.96. The van der Waals surface area contributed by atoms with E-state index in [4.69, 9.17) is 0 Å². The van der Waals surface area contributed by atoms with Gasteiger partial charge in [0.15, 0.2) is 0 Å². The van der Waals surface area contributed by atoms with E-state index in [9.17, 15) is 9.59 Å². The number of thiophene rings is 1. The van der Waals surface area contributed by atoms with Crippen molar-refractivity contribution in [2.45, 2.75) is 19.8 Å². The van der Waals surface area contributed by atoms with Gasteiger partial charge in [-0.2, -0.15) is 5.10 Å². The van der Waals surface area contributed by atoms with Gasteiger partial charge in [-0.3, -0.25) is 9.59 Å². The Balaban J connectivity index is 1.81. The quantitative estimate of drug-likeness (QED) is 0.581. The Morgan fingerprint density at radius 3 is 2.65 bits per heavy atom. The molecule has 0 aliphatic rings. The van der Waals surface area contributed by atoms with Crippen LogP contribution in [0, 0.1) is 0 Å². The average Bonchev–Trinajstić information content (AvgIpc) is 3.00. The molecule has 0 unspecified atom stereocenters. The van der Waals surface area contributed by atoms with Gasteiger partial charge in [-0.05, 0) is 46.4 Å². The molecule has 0 saturated carbocycles. The molecule has 1 aromatic carbocycles. The number of benzene rings is 1. The van der Waals surface area contributed by atoms with Crippen LogP contribution in [0.15, 0.2) is 51.4 Å². The lowest BCUT2D eigenvalue weighted by Gasteiger charge is -2.07. The maximum absolute atomic E-state index is 12.0. The highest BCUT2D eigenvalue weighted by molar-refractivity contribution is 9.10. The van der Waals surface area contributed by atoms with Gasteiger partial charge < -0.3 is 5.32 Å². The fourth-order valence-electron chi connectivity index (χ4n) is 1.80. The Morgan fingerprint density at radius 2 is 1.96 bits per heavy atom. The molecule has 1 aromatic heterocycles. The number of carbonyl (C=O) groups excluding carboxylic acids is 2. The van der Waals surface area contributed by atoms with Gasteiger partial charge in [-0.25, -0.2) is 5.43 Å².